The molecule has 1 aromatic carbocycles. The molecular weight excluding hydrogens is 242 g/mol. The third-order valence-electron chi connectivity index (χ3n) is 3.00. The Morgan fingerprint density at radius 2 is 1.84 bits per heavy atom. The molecule has 0 heterocycles. The van der Waals surface area contributed by atoms with Crippen molar-refractivity contribution >= 4 is 5.97 Å². The summed E-state index contributed by atoms with van der Waals surface area (Å²) in [6.45, 7) is 5.81. The van der Waals surface area contributed by atoms with E-state index < -0.39 is 6.10 Å². The van der Waals surface area contributed by atoms with E-state index in [4.69, 9.17) is 4.74 Å². The number of likely N-dealkylation sites (N-methyl/N-ethyl adjacent to an activating group) is 1. The van der Waals surface area contributed by atoms with Gasteiger partial charge in [-0.05, 0) is 33.4 Å². The minimum absolute atomic E-state index is 0.123. The van der Waals surface area contributed by atoms with Crippen molar-refractivity contribution in [2.24, 2.45) is 0 Å². The van der Waals surface area contributed by atoms with Crippen molar-refractivity contribution in [2.75, 3.05) is 13.6 Å². The Morgan fingerprint density at radius 1 is 1.26 bits per heavy atom. The van der Waals surface area contributed by atoms with Crippen molar-refractivity contribution in [1.29, 1.82) is 0 Å². The third-order valence-corrected chi connectivity index (χ3v) is 3.00. The van der Waals surface area contributed by atoms with Crippen LogP contribution in [0.3, 0.4) is 0 Å². The zero-order valence-electron chi connectivity index (χ0n) is 12.0. The predicted molar refractivity (Wildman–Crippen MR) is 74.7 cm³/mol. The van der Waals surface area contributed by atoms with Crippen molar-refractivity contribution in [3.8, 4) is 0 Å². The van der Waals surface area contributed by atoms with Gasteiger partial charge in [-0.1, -0.05) is 30.3 Å². The number of hydrogen-bond donors (Lipinski definition) is 1. The van der Waals surface area contributed by atoms with Gasteiger partial charge in [0.25, 0.3) is 0 Å². The Hall–Kier alpha value is -1.39. The second kappa shape index (κ2) is 7.26. The van der Waals surface area contributed by atoms with Crippen molar-refractivity contribution in [3.05, 3.63) is 35.9 Å². The monoisotopic (exact) mass is 265 g/mol. The highest BCUT2D eigenvalue weighted by Crippen LogP contribution is 2.14. The first kappa shape index (κ1) is 15.7. The molecule has 1 aromatic rings. The lowest BCUT2D eigenvalue weighted by Crippen LogP contribution is -2.40. The maximum absolute atomic E-state index is 11.8. The second-order valence-electron chi connectivity index (χ2n) is 5.03. The number of ether oxygens (including phenoxy) is 1. The van der Waals surface area contributed by atoms with Crippen LogP contribution in [0.4, 0.5) is 0 Å². The van der Waals surface area contributed by atoms with Crippen LogP contribution < -0.4 is 0 Å². The lowest BCUT2D eigenvalue weighted by Gasteiger charge is -2.26. The first-order chi connectivity index (χ1) is 8.91. The topological polar surface area (TPSA) is 49.8 Å². The smallest absolute Gasteiger partial charge is 0.323 e. The summed E-state index contributed by atoms with van der Waals surface area (Å²) < 4.78 is 5.16. The average molecular weight is 265 g/mol. The molecule has 0 saturated heterocycles. The summed E-state index contributed by atoms with van der Waals surface area (Å²) in [7, 11) is 1.80. The van der Waals surface area contributed by atoms with E-state index in [1.165, 1.54) is 0 Å². The largest absolute Gasteiger partial charge is 0.462 e. The summed E-state index contributed by atoms with van der Waals surface area (Å²) >= 11 is 0. The molecule has 1 N–H and O–H groups in total. The highest BCUT2D eigenvalue weighted by molar-refractivity contribution is 5.75. The Balaban J connectivity index is 2.54. The maximum atomic E-state index is 11.8. The molecule has 1 rings (SSSR count). The molecule has 0 saturated carbocycles. The lowest BCUT2D eigenvalue weighted by atomic mass is 10.1. The van der Waals surface area contributed by atoms with E-state index in [-0.39, 0.29) is 18.1 Å². The molecule has 0 amide bonds. The van der Waals surface area contributed by atoms with Gasteiger partial charge in [0.15, 0.2) is 0 Å². The quantitative estimate of drug-likeness (QED) is 0.799. The zero-order valence-corrected chi connectivity index (χ0v) is 12.0. The molecule has 4 nitrogen and oxygen atoms in total. The van der Waals surface area contributed by atoms with Gasteiger partial charge < -0.3 is 9.84 Å². The summed E-state index contributed by atoms with van der Waals surface area (Å²) in [4.78, 5) is 13.6. The van der Waals surface area contributed by atoms with Crippen LogP contribution in [0.15, 0.2) is 30.3 Å². The van der Waals surface area contributed by atoms with Crippen LogP contribution in [0.1, 0.15) is 32.4 Å². The highest BCUT2D eigenvalue weighted by atomic mass is 16.5. The van der Waals surface area contributed by atoms with Gasteiger partial charge in [0.2, 0.25) is 0 Å². The molecule has 4 heteroatoms. The van der Waals surface area contributed by atoms with Gasteiger partial charge >= 0.3 is 5.97 Å². The average Bonchev–Trinajstić information content (AvgIpc) is 2.37. The van der Waals surface area contributed by atoms with E-state index in [9.17, 15) is 9.90 Å². The van der Waals surface area contributed by atoms with Crippen LogP contribution in [0.5, 0.6) is 0 Å². The summed E-state index contributed by atoms with van der Waals surface area (Å²) in [6, 6.07) is 9.04. The molecule has 19 heavy (non-hydrogen) atoms. The van der Waals surface area contributed by atoms with Crippen molar-refractivity contribution in [1.82, 2.24) is 4.90 Å². The van der Waals surface area contributed by atoms with E-state index in [0.717, 1.165) is 5.56 Å². The van der Waals surface area contributed by atoms with Gasteiger partial charge in [-0.3, -0.25) is 9.69 Å². The normalized spacial score (nSPS) is 14.5. The molecule has 0 aliphatic rings. The van der Waals surface area contributed by atoms with Gasteiger partial charge in [0.1, 0.15) is 6.04 Å². The van der Waals surface area contributed by atoms with Gasteiger partial charge in [-0.15, -0.1) is 0 Å². The Kier molecular flexibility index (Phi) is 5.99. The molecular formula is C15H23NO3. The number of benzene rings is 1. The first-order valence-electron chi connectivity index (χ1n) is 6.55. The summed E-state index contributed by atoms with van der Waals surface area (Å²) in [5.74, 6) is -0.266. The molecule has 0 bridgehead atoms. The molecule has 0 spiro atoms. The van der Waals surface area contributed by atoms with Crippen LogP contribution in [-0.2, 0) is 9.53 Å². The fraction of sp³-hybridized carbons (Fsp3) is 0.533. The van der Waals surface area contributed by atoms with Crippen LogP contribution in [0.25, 0.3) is 0 Å². The number of aliphatic hydroxyl groups excluding tert-OH is 1. The molecule has 2 unspecified atom stereocenters. The van der Waals surface area contributed by atoms with Crippen LogP contribution in [-0.4, -0.2) is 41.7 Å². The van der Waals surface area contributed by atoms with Crippen LogP contribution >= 0.6 is 0 Å². The third kappa shape index (κ3) is 5.01. The Morgan fingerprint density at radius 3 is 2.37 bits per heavy atom. The molecule has 0 aliphatic heterocycles. The number of carbonyl (C=O) groups is 1. The SMILES string of the molecule is CC(C)OC(=O)C(C)N(C)CC(O)c1ccccc1. The number of aliphatic hydroxyl groups is 1. The molecule has 0 radical (unpaired) electrons. The number of esters is 1. The molecule has 106 valence electrons. The maximum Gasteiger partial charge on any atom is 0.323 e. The molecule has 0 aromatic heterocycles. The lowest BCUT2D eigenvalue weighted by molar-refractivity contribution is -0.153. The summed E-state index contributed by atoms with van der Waals surface area (Å²) in [5.41, 5.74) is 0.846. The molecule has 0 aliphatic carbocycles. The number of carbonyl (C=O) groups excluding carboxylic acids is 1. The fourth-order valence-electron chi connectivity index (χ4n) is 1.72. The van der Waals surface area contributed by atoms with Crippen LogP contribution in [0, 0.1) is 0 Å². The van der Waals surface area contributed by atoms with E-state index >= 15 is 0 Å². The molecule has 2 atom stereocenters. The Bertz CT molecular complexity index is 392. The zero-order chi connectivity index (χ0) is 14.4. The second-order valence-corrected chi connectivity index (χ2v) is 5.03. The van der Waals surface area contributed by atoms with E-state index in [0.29, 0.717) is 6.54 Å². The number of rotatable bonds is 6. The summed E-state index contributed by atoms with van der Waals surface area (Å²) in [5, 5.41) is 10.1. The highest BCUT2D eigenvalue weighted by Gasteiger charge is 2.22. The van der Waals surface area contributed by atoms with E-state index in [1.54, 1.807) is 18.9 Å². The van der Waals surface area contributed by atoms with Crippen molar-refractivity contribution in [3.63, 3.8) is 0 Å². The Labute approximate surface area is 115 Å². The first-order valence-corrected chi connectivity index (χ1v) is 6.55. The number of hydrogen-bond acceptors (Lipinski definition) is 4. The van der Waals surface area contributed by atoms with Gasteiger partial charge in [0, 0.05) is 6.54 Å². The summed E-state index contributed by atoms with van der Waals surface area (Å²) in [6.07, 6.45) is -0.733. The van der Waals surface area contributed by atoms with Gasteiger partial charge in [0.05, 0.1) is 12.2 Å². The fourth-order valence-corrected chi connectivity index (χ4v) is 1.72. The van der Waals surface area contributed by atoms with Crippen molar-refractivity contribution in [2.45, 2.75) is 39.0 Å². The minimum atomic E-state index is -0.611. The van der Waals surface area contributed by atoms with E-state index in [1.807, 2.05) is 44.2 Å². The molecule has 0 fully saturated rings. The standard InChI is InChI=1S/C15H23NO3/c1-11(2)19-15(18)12(3)16(4)10-14(17)13-8-6-5-7-9-13/h5-9,11-12,14,17H,10H2,1-4H3. The van der Waals surface area contributed by atoms with E-state index in [2.05, 4.69) is 0 Å². The van der Waals surface area contributed by atoms with Gasteiger partial charge in [-0.2, -0.15) is 0 Å². The van der Waals surface area contributed by atoms with Gasteiger partial charge in [-0.25, -0.2) is 0 Å². The van der Waals surface area contributed by atoms with Crippen LogP contribution in [0.2, 0.25) is 0 Å². The predicted octanol–water partition coefficient (Wildman–Crippen LogP) is 1.99. The van der Waals surface area contributed by atoms with Crippen molar-refractivity contribution < 1.29 is 14.6 Å². The minimum Gasteiger partial charge on any atom is -0.462 e. The number of nitrogens with zero attached hydrogens (tertiary/aromatic N) is 1.